The Labute approximate surface area is 162 Å². The average molecular weight is 496 g/mol. The monoisotopic (exact) mass is 495 g/mol. The summed E-state index contributed by atoms with van der Waals surface area (Å²) in [6.07, 6.45) is 5.78. The number of benzene rings is 2. The summed E-state index contributed by atoms with van der Waals surface area (Å²) in [5.74, 6) is 2.65. The minimum absolute atomic E-state index is 0.251. The topological polar surface area (TPSA) is 30.5 Å². The van der Waals surface area contributed by atoms with Crippen molar-refractivity contribution in [1.29, 1.82) is 0 Å². The second kappa shape index (κ2) is 5.66. The Morgan fingerprint density at radius 2 is 1.92 bits per heavy atom. The Balaban J connectivity index is 1.61. The van der Waals surface area contributed by atoms with Crippen LogP contribution in [0.25, 0.3) is 0 Å². The molecule has 3 atom stereocenters. The largest absolute Gasteiger partial charge is 0.454 e. The predicted octanol–water partition coefficient (Wildman–Crippen LogP) is 5.61. The fourth-order valence-electron chi connectivity index (χ4n) is 4.04. The molecule has 0 spiro atoms. The summed E-state index contributed by atoms with van der Waals surface area (Å²) in [7, 11) is 0. The number of rotatable bonds is 1. The van der Waals surface area contributed by atoms with Crippen LogP contribution in [0.3, 0.4) is 0 Å². The molecule has 0 radical (unpaired) electrons. The maximum atomic E-state index is 5.59. The van der Waals surface area contributed by atoms with E-state index in [1.54, 1.807) is 0 Å². The SMILES string of the molecule is Brc1cc2c(cc1[C@H]1Nc3ccc(I)cc3[C@@H]3C=CC[C@@H]13)OCO2. The first-order chi connectivity index (χ1) is 11.7. The smallest absolute Gasteiger partial charge is 0.231 e. The van der Waals surface area contributed by atoms with E-state index in [4.69, 9.17) is 9.47 Å². The first kappa shape index (κ1) is 15.1. The van der Waals surface area contributed by atoms with Crippen molar-refractivity contribution in [3.05, 3.63) is 61.7 Å². The molecule has 24 heavy (non-hydrogen) atoms. The molecule has 0 saturated carbocycles. The molecule has 0 unspecified atom stereocenters. The van der Waals surface area contributed by atoms with Crippen molar-refractivity contribution in [2.45, 2.75) is 18.4 Å². The standard InChI is InChI=1S/C19H15BrINO2/c20-15-8-18-17(23-9-24-18)7-14(15)19-12-3-1-2-11(12)13-6-10(21)4-5-16(13)22-19/h1-2,4-8,11-12,19,22H,3,9H2/t11-,12-,19+/m1/s1. The van der Waals surface area contributed by atoms with Gasteiger partial charge in [-0.25, -0.2) is 0 Å². The maximum absolute atomic E-state index is 5.59. The van der Waals surface area contributed by atoms with Gasteiger partial charge in [-0.05, 0) is 76.4 Å². The lowest BCUT2D eigenvalue weighted by Crippen LogP contribution is -2.29. The van der Waals surface area contributed by atoms with E-state index < -0.39 is 0 Å². The van der Waals surface area contributed by atoms with Crippen LogP contribution in [0.1, 0.15) is 29.5 Å². The summed E-state index contributed by atoms with van der Waals surface area (Å²) >= 11 is 6.13. The van der Waals surface area contributed by atoms with E-state index in [2.05, 4.69) is 80.3 Å². The summed E-state index contributed by atoms with van der Waals surface area (Å²) < 4.78 is 13.4. The third kappa shape index (κ3) is 2.28. The number of hydrogen-bond donors (Lipinski definition) is 1. The molecule has 1 N–H and O–H groups in total. The van der Waals surface area contributed by atoms with Crippen LogP contribution in [0.2, 0.25) is 0 Å². The Bertz CT molecular complexity index is 867. The van der Waals surface area contributed by atoms with E-state index in [1.807, 2.05) is 6.07 Å². The predicted molar refractivity (Wildman–Crippen MR) is 106 cm³/mol. The zero-order chi connectivity index (χ0) is 16.3. The van der Waals surface area contributed by atoms with E-state index >= 15 is 0 Å². The molecule has 122 valence electrons. The Morgan fingerprint density at radius 3 is 2.79 bits per heavy atom. The van der Waals surface area contributed by atoms with Crippen LogP contribution < -0.4 is 14.8 Å². The van der Waals surface area contributed by atoms with Crippen molar-refractivity contribution < 1.29 is 9.47 Å². The van der Waals surface area contributed by atoms with Crippen LogP contribution in [0.4, 0.5) is 5.69 Å². The molecule has 2 aromatic carbocycles. The second-order valence-corrected chi connectivity index (χ2v) is 8.53. The minimum Gasteiger partial charge on any atom is -0.454 e. The molecule has 5 rings (SSSR count). The molecular weight excluding hydrogens is 481 g/mol. The molecule has 1 aliphatic carbocycles. The summed E-state index contributed by atoms with van der Waals surface area (Å²) in [6, 6.07) is 11.1. The van der Waals surface area contributed by atoms with Gasteiger partial charge in [0.25, 0.3) is 0 Å². The number of ether oxygens (including phenoxy) is 2. The Kier molecular flexibility index (Phi) is 3.56. The lowest BCUT2D eigenvalue weighted by molar-refractivity contribution is 0.174. The van der Waals surface area contributed by atoms with Crippen LogP contribution in [-0.2, 0) is 0 Å². The quantitative estimate of drug-likeness (QED) is 0.412. The molecule has 2 aliphatic heterocycles. The van der Waals surface area contributed by atoms with Gasteiger partial charge < -0.3 is 14.8 Å². The molecule has 0 saturated heterocycles. The number of anilines is 1. The van der Waals surface area contributed by atoms with Crippen molar-refractivity contribution in [3.63, 3.8) is 0 Å². The highest BCUT2D eigenvalue weighted by molar-refractivity contribution is 14.1. The molecule has 0 fully saturated rings. The van der Waals surface area contributed by atoms with Crippen LogP contribution in [0.15, 0.2) is 47.0 Å². The van der Waals surface area contributed by atoms with Gasteiger partial charge >= 0.3 is 0 Å². The molecule has 0 aromatic heterocycles. The highest BCUT2D eigenvalue weighted by Gasteiger charge is 2.39. The van der Waals surface area contributed by atoms with Crippen molar-refractivity contribution in [2.75, 3.05) is 12.1 Å². The number of fused-ring (bicyclic) bond motifs is 4. The van der Waals surface area contributed by atoms with Crippen LogP contribution in [0, 0.1) is 9.49 Å². The van der Waals surface area contributed by atoms with Gasteiger partial charge in [0.2, 0.25) is 6.79 Å². The van der Waals surface area contributed by atoms with Crippen molar-refractivity contribution in [1.82, 2.24) is 0 Å². The van der Waals surface area contributed by atoms with Crippen LogP contribution >= 0.6 is 38.5 Å². The average Bonchev–Trinajstić information content (AvgIpc) is 3.22. The van der Waals surface area contributed by atoms with Gasteiger partial charge in [-0.2, -0.15) is 0 Å². The molecular formula is C19H15BrINO2. The Hall–Kier alpha value is -1.21. The summed E-state index contributed by atoms with van der Waals surface area (Å²) in [6.45, 7) is 0.304. The fraction of sp³-hybridized carbons (Fsp3) is 0.263. The fourth-order valence-corrected chi connectivity index (χ4v) is 5.13. The summed E-state index contributed by atoms with van der Waals surface area (Å²) in [5, 5.41) is 3.77. The third-order valence-electron chi connectivity index (χ3n) is 5.15. The minimum atomic E-state index is 0.251. The number of hydrogen-bond acceptors (Lipinski definition) is 3. The lowest BCUT2D eigenvalue weighted by Gasteiger charge is -2.38. The van der Waals surface area contributed by atoms with Crippen molar-refractivity contribution >= 4 is 44.2 Å². The first-order valence-corrected chi connectivity index (χ1v) is 9.89. The highest BCUT2D eigenvalue weighted by Crippen LogP contribution is 2.52. The zero-order valence-electron chi connectivity index (χ0n) is 12.8. The van der Waals surface area contributed by atoms with Gasteiger partial charge in [0.15, 0.2) is 11.5 Å². The molecule has 3 aliphatic rings. The third-order valence-corrected chi connectivity index (χ3v) is 6.51. The van der Waals surface area contributed by atoms with Gasteiger partial charge in [0.05, 0.1) is 6.04 Å². The van der Waals surface area contributed by atoms with Crippen molar-refractivity contribution in [2.24, 2.45) is 5.92 Å². The van der Waals surface area contributed by atoms with Gasteiger partial charge in [-0.1, -0.05) is 28.1 Å². The summed E-state index contributed by atoms with van der Waals surface area (Å²) in [4.78, 5) is 0. The zero-order valence-corrected chi connectivity index (χ0v) is 16.5. The van der Waals surface area contributed by atoms with E-state index in [1.165, 1.54) is 20.4 Å². The molecule has 3 nitrogen and oxygen atoms in total. The van der Waals surface area contributed by atoms with Crippen molar-refractivity contribution in [3.8, 4) is 11.5 Å². The molecule has 0 amide bonds. The van der Waals surface area contributed by atoms with E-state index in [0.29, 0.717) is 18.6 Å². The molecule has 0 bridgehead atoms. The molecule has 2 aromatic rings. The van der Waals surface area contributed by atoms with E-state index in [9.17, 15) is 0 Å². The first-order valence-electron chi connectivity index (χ1n) is 8.02. The normalized spacial score (nSPS) is 26.0. The molecule has 2 heterocycles. The van der Waals surface area contributed by atoms with Gasteiger partial charge in [0.1, 0.15) is 0 Å². The van der Waals surface area contributed by atoms with Crippen LogP contribution in [0.5, 0.6) is 11.5 Å². The number of nitrogens with one attached hydrogen (secondary N) is 1. The number of allylic oxidation sites excluding steroid dienone is 2. The maximum Gasteiger partial charge on any atom is 0.231 e. The second-order valence-electron chi connectivity index (χ2n) is 6.43. The van der Waals surface area contributed by atoms with E-state index in [0.717, 1.165) is 22.4 Å². The van der Waals surface area contributed by atoms with Crippen LogP contribution in [-0.4, -0.2) is 6.79 Å². The van der Waals surface area contributed by atoms with Gasteiger partial charge in [-0.3, -0.25) is 0 Å². The van der Waals surface area contributed by atoms with Gasteiger partial charge in [-0.15, -0.1) is 0 Å². The summed E-state index contributed by atoms with van der Waals surface area (Å²) in [5.41, 5.74) is 3.88. The Morgan fingerprint density at radius 1 is 1.08 bits per heavy atom. The molecule has 5 heteroatoms. The van der Waals surface area contributed by atoms with E-state index in [-0.39, 0.29) is 6.04 Å². The number of halogens is 2. The lowest BCUT2D eigenvalue weighted by atomic mass is 9.77. The van der Waals surface area contributed by atoms with Gasteiger partial charge in [0, 0.05) is 19.6 Å². The highest BCUT2D eigenvalue weighted by atomic mass is 127.